The molecule has 5 nitrogen and oxygen atoms in total. The van der Waals surface area contributed by atoms with Crippen LogP contribution in [0, 0.1) is 13.8 Å². The van der Waals surface area contributed by atoms with E-state index in [4.69, 9.17) is 9.72 Å². The van der Waals surface area contributed by atoms with Gasteiger partial charge in [0.2, 0.25) is 0 Å². The molecule has 1 unspecified atom stereocenters. The van der Waals surface area contributed by atoms with E-state index in [-0.39, 0.29) is 12.2 Å². The van der Waals surface area contributed by atoms with E-state index in [9.17, 15) is 9.90 Å². The van der Waals surface area contributed by atoms with Crippen molar-refractivity contribution in [3.63, 3.8) is 0 Å². The summed E-state index contributed by atoms with van der Waals surface area (Å²) in [5.74, 6) is 0.375. The molecular formula is C24H24N2O3S2. The normalized spacial score (nSPS) is 12.4. The maximum Gasteiger partial charge on any atom is 0.266 e. The SMILES string of the molecule is Cc1ccc(-n2c(SCC(O)COCc3cccs3)nc3ccccc3c2=O)c(C)c1. The van der Waals surface area contributed by atoms with E-state index in [1.165, 1.54) is 11.8 Å². The number of para-hydroxylation sites is 1. The summed E-state index contributed by atoms with van der Waals surface area (Å²) in [6, 6.07) is 17.3. The first-order chi connectivity index (χ1) is 15.0. The van der Waals surface area contributed by atoms with Crippen molar-refractivity contribution in [2.24, 2.45) is 0 Å². The van der Waals surface area contributed by atoms with Crippen LogP contribution in [-0.2, 0) is 11.3 Å². The summed E-state index contributed by atoms with van der Waals surface area (Å²) in [5.41, 5.74) is 3.49. The van der Waals surface area contributed by atoms with Gasteiger partial charge in [-0.15, -0.1) is 11.3 Å². The van der Waals surface area contributed by atoms with Crippen molar-refractivity contribution in [1.29, 1.82) is 0 Å². The quantitative estimate of drug-likeness (QED) is 0.309. The number of hydrogen-bond acceptors (Lipinski definition) is 6. The number of thiophene rings is 1. The lowest BCUT2D eigenvalue weighted by Crippen LogP contribution is -2.24. The van der Waals surface area contributed by atoms with Crippen LogP contribution >= 0.6 is 23.1 Å². The lowest BCUT2D eigenvalue weighted by atomic mass is 10.1. The zero-order chi connectivity index (χ0) is 21.8. The zero-order valence-electron chi connectivity index (χ0n) is 17.4. The number of aliphatic hydroxyl groups is 1. The highest BCUT2D eigenvalue weighted by molar-refractivity contribution is 7.99. The minimum atomic E-state index is -0.666. The average molecular weight is 453 g/mol. The van der Waals surface area contributed by atoms with Crippen molar-refractivity contribution < 1.29 is 9.84 Å². The Morgan fingerprint density at radius 3 is 2.77 bits per heavy atom. The fraction of sp³-hybridized carbons (Fsp3) is 0.250. The van der Waals surface area contributed by atoms with Crippen molar-refractivity contribution in [3.8, 4) is 5.69 Å². The fourth-order valence-corrected chi connectivity index (χ4v) is 4.94. The number of rotatable bonds is 8. The van der Waals surface area contributed by atoms with Gasteiger partial charge in [0, 0.05) is 10.6 Å². The van der Waals surface area contributed by atoms with E-state index in [1.54, 1.807) is 22.0 Å². The summed E-state index contributed by atoms with van der Waals surface area (Å²) in [6.07, 6.45) is -0.666. The Morgan fingerprint density at radius 1 is 1.16 bits per heavy atom. The molecule has 0 fully saturated rings. The van der Waals surface area contributed by atoms with Gasteiger partial charge in [0.25, 0.3) is 5.56 Å². The number of aryl methyl sites for hydroxylation is 2. The molecule has 4 aromatic rings. The number of aliphatic hydroxyl groups excluding tert-OH is 1. The largest absolute Gasteiger partial charge is 0.390 e. The summed E-state index contributed by atoms with van der Waals surface area (Å²) in [7, 11) is 0. The van der Waals surface area contributed by atoms with Crippen molar-refractivity contribution in [1.82, 2.24) is 9.55 Å². The number of benzene rings is 2. The van der Waals surface area contributed by atoms with Gasteiger partial charge in [-0.05, 0) is 49.1 Å². The molecule has 0 bridgehead atoms. The topological polar surface area (TPSA) is 64.3 Å². The molecular weight excluding hydrogens is 428 g/mol. The predicted molar refractivity (Wildman–Crippen MR) is 128 cm³/mol. The van der Waals surface area contributed by atoms with Crippen LogP contribution in [0.25, 0.3) is 16.6 Å². The number of thioether (sulfide) groups is 1. The highest BCUT2D eigenvalue weighted by Crippen LogP contribution is 2.24. The van der Waals surface area contributed by atoms with Crippen LogP contribution in [0.3, 0.4) is 0 Å². The molecule has 0 aliphatic rings. The molecule has 7 heteroatoms. The Balaban J connectivity index is 1.59. The molecule has 31 heavy (non-hydrogen) atoms. The van der Waals surface area contributed by atoms with Gasteiger partial charge in [-0.25, -0.2) is 4.98 Å². The van der Waals surface area contributed by atoms with Crippen LogP contribution in [0.15, 0.2) is 69.9 Å². The van der Waals surface area contributed by atoms with Crippen LogP contribution in [0.5, 0.6) is 0 Å². The van der Waals surface area contributed by atoms with Gasteiger partial charge < -0.3 is 9.84 Å². The monoisotopic (exact) mass is 452 g/mol. The summed E-state index contributed by atoms with van der Waals surface area (Å²) < 4.78 is 7.28. The van der Waals surface area contributed by atoms with Gasteiger partial charge in [-0.2, -0.15) is 0 Å². The molecule has 0 amide bonds. The van der Waals surface area contributed by atoms with Gasteiger partial charge in [0.15, 0.2) is 5.16 Å². The second kappa shape index (κ2) is 9.78. The van der Waals surface area contributed by atoms with E-state index in [0.717, 1.165) is 21.7 Å². The molecule has 2 aromatic carbocycles. The lowest BCUT2D eigenvalue weighted by molar-refractivity contribution is 0.0409. The number of fused-ring (bicyclic) bond motifs is 1. The number of hydrogen-bond donors (Lipinski definition) is 1. The number of nitrogens with zero attached hydrogens (tertiary/aromatic N) is 2. The van der Waals surface area contributed by atoms with E-state index in [1.807, 2.05) is 61.7 Å². The van der Waals surface area contributed by atoms with Crippen LogP contribution in [0.4, 0.5) is 0 Å². The fourth-order valence-electron chi connectivity index (χ4n) is 3.39. The Labute approximate surface area is 189 Å². The Bertz CT molecular complexity index is 1240. The molecule has 0 saturated carbocycles. The minimum absolute atomic E-state index is 0.108. The van der Waals surface area contributed by atoms with Crippen LogP contribution in [0.2, 0.25) is 0 Å². The molecule has 2 aromatic heterocycles. The van der Waals surface area contributed by atoms with Gasteiger partial charge >= 0.3 is 0 Å². The van der Waals surface area contributed by atoms with Crippen LogP contribution < -0.4 is 5.56 Å². The lowest BCUT2D eigenvalue weighted by Gasteiger charge is -2.17. The van der Waals surface area contributed by atoms with Gasteiger partial charge in [-0.1, -0.05) is 47.7 Å². The van der Waals surface area contributed by atoms with Crippen molar-refractivity contribution >= 4 is 34.0 Å². The molecule has 1 atom stereocenters. The smallest absolute Gasteiger partial charge is 0.266 e. The summed E-state index contributed by atoms with van der Waals surface area (Å²) in [6.45, 7) is 4.74. The standard InChI is InChI=1S/C24H24N2O3S2/c1-16-9-10-22(17(2)12-16)26-23(28)20-7-3-4-8-21(20)25-24(26)31-15-18(27)13-29-14-19-6-5-11-30-19/h3-12,18,27H,13-15H2,1-2H3. The number of ether oxygens (including phenoxy) is 1. The van der Waals surface area contributed by atoms with Crippen LogP contribution in [0.1, 0.15) is 16.0 Å². The van der Waals surface area contributed by atoms with E-state index in [0.29, 0.717) is 28.4 Å². The predicted octanol–water partition coefficient (Wildman–Crippen LogP) is 4.73. The molecule has 0 spiro atoms. The summed E-state index contributed by atoms with van der Waals surface area (Å²) >= 11 is 2.99. The molecule has 2 heterocycles. The molecule has 0 radical (unpaired) electrons. The van der Waals surface area contributed by atoms with Crippen LogP contribution in [-0.4, -0.2) is 33.1 Å². The highest BCUT2D eigenvalue weighted by atomic mass is 32.2. The third-order valence-corrected chi connectivity index (χ3v) is 6.81. The molecule has 4 rings (SSSR count). The highest BCUT2D eigenvalue weighted by Gasteiger charge is 2.16. The second-order valence-corrected chi connectivity index (χ2v) is 9.42. The zero-order valence-corrected chi connectivity index (χ0v) is 19.1. The third-order valence-electron chi connectivity index (χ3n) is 4.88. The van der Waals surface area contributed by atoms with E-state index in [2.05, 4.69) is 6.07 Å². The molecule has 160 valence electrons. The van der Waals surface area contributed by atoms with Crippen molar-refractivity contribution in [3.05, 3.63) is 86.3 Å². The number of aromatic nitrogens is 2. The molecule has 0 saturated heterocycles. The van der Waals surface area contributed by atoms with Crippen molar-refractivity contribution in [2.45, 2.75) is 31.7 Å². The van der Waals surface area contributed by atoms with Crippen molar-refractivity contribution in [2.75, 3.05) is 12.4 Å². The molecule has 0 aliphatic heterocycles. The third kappa shape index (κ3) is 5.07. The Kier molecular flexibility index (Phi) is 6.87. The Hall–Kier alpha value is -2.45. The summed E-state index contributed by atoms with van der Waals surface area (Å²) in [5, 5.41) is 13.6. The van der Waals surface area contributed by atoms with Gasteiger partial charge in [0.1, 0.15) is 0 Å². The minimum Gasteiger partial charge on any atom is -0.390 e. The average Bonchev–Trinajstić information content (AvgIpc) is 3.27. The molecule has 1 N–H and O–H groups in total. The maximum atomic E-state index is 13.4. The maximum absolute atomic E-state index is 13.4. The first-order valence-electron chi connectivity index (χ1n) is 10.0. The van der Waals surface area contributed by atoms with Gasteiger partial charge in [0.05, 0.1) is 35.9 Å². The molecule has 0 aliphatic carbocycles. The second-order valence-electron chi connectivity index (χ2n) is 7.40. The van der Waals surface area contributed by atoms with Gasteiger partial charge in [-0.3, -0.25) is 9.36 Å². The first-order valence-corrected chi connectivity index (χ1v) is 11.9. The first kappa shape index (κ1) is 21.8. The summed E-state index contributed by atoms with van der Waals surface area (Å²) in [4.78, 5) is 19.2. The Morgan fingerprint density at radius 2 is 2.00 bits per heavy atom. The van der Waals surface area contributed by atoms with E-state index >= 15 is 0 Å². The van der Waals surface area contributed by atoms with E-state index < -0.39 is 6.10 Å².